The minimum Gasteiger partial charge on any atom is -0.466 e. The molecular formula is C14H23NO4. The van der Waals surface area contributed by atoms with E-state index in [0.29, 0.717) is 19.7 Å². The number of nitrogens with zero attached hydrogens (tertiary/aromatic N) is 1. The van der Waals surface area contributed by atoms with Crippen LogP contribution in [-0.2, 0) is 14.3 Å². The van der Waals surface area contributed by atoms with Crippen LogP contribution in [-0.4, -0.2) is 42.3 Å². The van der Waals surface area contributed by atoms with Crippen LogP contribution < -0.4 is 0 Å². The van der Waals surface area contributed by atoms with Gasteiger partial charge in [-0.25, -0.2) is 4.79 Å². The van der Waals surface area contributed by atoms with Crippen molar-refractivity contribution in [1.82, 2.24) is 4.90 Å². The van der Waals surface area contributed by atoms with Crippen molar-refractivity contribution in [2.75, 3.05) is 19.7 Å². The fourth-order valence-electron chi connectivity index (χ4n) is 2.67. The Kier molecular flexibility index (Phi) is 3.49. The van der Waals surface area contributed by atoms with Crippen LogP contribution in [0, 0.1) is 11.3 Å². The van der Waals surface area contributed by atoms with Gasteiger partial charge in [-0.2, -0.15) is 0 Å². The monoisotopic (exact) mass is 269 g/mol. The van der Waals surface area contributed by atoms with E-state index in [1.54, 1.807) is 11.8 Å². The first-order valence-corrected chi connectivity index (χ1v) is 6.92. The molecule has 0 bridgehead atoms. The van der Waals surface area contributed by atoms with Crippen molar-refractivity contribution in [3.05, 3.63) is 0 Å². The van der Waals surface area contributed by atoms with Crippen molar-refractivity contribution >= 4 is 12.1 Å². The molecule has 2 rings (SSSR count). The van der Waals surface area contributed by atoms with E-state index < -0.39 is 5.60 Å². The van der Waals surface area contributed by atoms with Crippen molar-refractivity contribution in [2.24, 2.45) is 11.3 Å². The molecule has 5 nitrogen and oxygen atoms in total. The van der Waals surface area contributed by atoms with E-state index in [9.17, 15) is 9.59 Å². The summed E-state index contributed by atoms with van der Waals surface area (Å²) >= 11 is 0. The quantitative estimate of drug-likeness (QED) is 0.721. The summed E-state index contributed by atoms with van der Waals surface area (Å²) < 4.78 is 10.5. The Morgan fingerprint density at radius 2 is 1.95 bits per heavy atom. The van der Waals surface area contributed by atoms with Gasteiger partial charge in [0, 0.05) is 18.5 Å². The fraction of sp³-hybridized carbons (Fsp3) is 0.857. The molecule has 1 amide bonds. The van der Waals surface area contributed by atoms with Gasteiger partial charge in [-0.3, -0.25) is 4.79 Å². The zero-order chi connectivity index (χ0) is 14.3. The summed E-state index contributed by atoms with van der Waals surface area (Å²) in [6.45, 7) is 8.76. The smallest absolute Gasteiger partial charge is 0.410 e. The number of carbonyl (C=O) groups excluding carboxylic acids is 2. The number of likely N-dealkylation sites (tertiary alicyclic amines) is 1. The standard InChI is InChI=1S/C14H23NO4/c1-5-18-11(16)10-8-15(9-14(10)6-7-14)12(17)19-13(2,3)4/h10H,5-9H2,1-4H3/t10-/m1/s1. The lowest BCUT2D eigenvalue weighted by Crippen LogP contribution is -2.36. The second-order valence-corrected chi connectivity index (χ2v) is 6.53. The van der Waals surface area contributed by atoms with Crippen molar-refractivity contribution in [3.63, 3.8) is 0 Å². The van der Waals surface area contributed by atoms with Gasteiger partial charge in [0.05, 0.1) is 12.5 Å². The predicted molar refractivity (Wildman–Crippen MR) is 69.6 cm³/mol. The zero-order valence-corrected chi connectivity index (χ0v) is 12.2. The molecule has 1 aliphatic heterocycles. The van der Waals surface area contributed by atoms with Gasteiger partial charge in [-0.15, -0.1) is 0 Å². The molecule has 1 spiro atoms. The van der Waals surface area contributed by atoms with E-state index in [4.69, 9.17) is 9.47 Å². The second kappa shape index (κ2) is 4.69. The van der Waals surface area contributed by atoms with Gasteiger partial charge in [-0.1, -0.05) is 0 Å². The minimum atomic E-state index is -0.504. The van der Waals surface area contributed by atoms with E-state index in [1.165, 1.54) is 0 Å². The highest BCUT2D eigenvalue weighted by molar-refractivity contribution is 5.77. The largest absolute Gasteiger partial charge is 0.466 e. The van der Waals surface area contributed by atoms with Gasteiger partial charge in [-0.05, 0) is 40.5 Å². The molecule has 5 heteroatoms. The number of hydrogen-bond donors (Lipinski definition) is 0. The highest BCUT2D eigenvalue weighted by Crippen LogP contribution is 2.56. The third-order valence-electron chi connectivity index (χ3n) is 3.76. The third-order valence-corrected chi connectivity index (χ3v) is 3.76. The molecule has 0 aromatic heterocycles. The van der Waals surface area contributed by atoms with Crippen LogP contribution in [0.15, 0.2) is 0 Å². The van der Waals surface area contributed by atoms with E-state index in [0.717, 1.165) is 12.8 Å². The summed E-state index contributed by atoms with van der Waals surface area (Å²) in [6.07, 6.45) is 1.66. The number of ether oxygens (including phenoxy) is 2. The molecule has 0 N–H and O–H groups in total. The first-order chi connectivity index (χ1) is 8.77. The summed E-state index contributed by atoms with van der Waals surface area (Å²) in [7, 11) is 0. The molecule has 0 unspecified atom stereocenters. The van der Waals surface area contributed by atoms with Gasteiger partial charge in [0.2, 0.25) is 0 Å². The number of hydrogen-bond acceptors (Lipinski definition) is 4. The van der Waals surface area contributed by atoms with Gasteiger partial charge >= 0.3 is 12.1 Å². The number of rotatable bonds is 2. The number of carbonyl (C=O) groups is 2. The average molecular weight is 269 g/mol. The van der Waals surface area contributed by atoms with Gasteiger partial charge in [0.15, 0.2) is 0 Å². The second-order valence-electron chi connectivity index (χ2n) is 6.53. The average Bonchev–Trinajstić information content (AvgIpc) is 2.89. The van der Waals surface area contributed by atoms with Gasteiger partial charge < -0.3 is 14.4 Å². The molecule has 1 aliphatic carbocycles. The third kappa shape index (κ3) is 3.01. The Balaban J connectivity index is 2.00. The summed E-state index contributed by atoms with van der Waals surface area (Å²) in [5, 5.41) is 0. The topological polar surface area (TPSA) is 55.8 Å². The molecule has 1 atom stereocenters. The molecule has 2 aliphatic rings. The summed E-state index contributed by atoms with van der Waals surface area (Å²) in [5.41, 5.74) is -0.543. The molecule has 0 aromatic carbocycles. The predicted octanol–water partition coefficient (Wildman–Crippen LogP) is 2.20. The van der Waals surface area contributed by atoms with Crippen LogP contribution in [0.1, 0.15) is 40.5 Å². The van der Waals surface area contributed by atoms with Crippen LogP contribution in [0.4, 0.5) is 4.79 Å². The molecule has 0 aromatic rings. The molecule has 1 saturated heterocycles. The molecule has 108 valence electrons. The van der Waals surface area contributed by atoms with E-state index in [2.05, 4.69) is 0 Å². The van der Waals surface area contributed by atoms with Crippen molar-refractivity contribution in [3.8, 4) is 0 Å². The van der Waals surface area contributed by atoms with E-state index >= 15 is 0 Å². The molecular weight excluding hydrogens is 246 g/mol. The lowest BCUT2D eigenvalue weighted by Gasteiger charge is -2.24. The van der Waals surface area contributed by atoms with Gasteiger partial charge in [0.25, 0.3) is 0 Å². The van der Waals surface area contributed by atoms with E-state index in [1.807, 2.05) is 20.8 Å². The van der Waals surface area contributed by atoms with Crippen molar-refractivity contribution in [2.45, 2.75) is 46.1 Å². The SMILES string of the molecule is CCOC(=O)[C@H]1CN(C(=O)OC(C)(C)C)CC12CC2. The lowest BCUT2D eigenvalue weighted by molar-refractivity contribution is -0.149. The highest BCUT2D eigenvalue weighted by Gasteiger charge is 2.59. The maximum atomic E-state index is 12.1. The Hall–Kier alpha value is -1.26. The van der Waals surface area contributed by atoms with Crippen LogP contribution in [0.2, 0.25) is 0 Å². The molecule has 19 heavy (non-hydrogen) atoms. The zero-order valence-electron chi connectivity index (χ0n) is 12.2. The first kappa shape index (κ1) is 14.2. The molecule has 1 heterocycles. The Morgan fingerprint density at radius 1 is 1.32 bits per heavy atom. The van der Waals surface area contributed by atoms with E-state index in [-0.39, 0.29) is 23.4 Å². The Bertz CT molecular complexity index is 381. The van der Waals surface area contributed by atoms with Crippen molar-refractivity contribution < 1.29 is 19.1 Å². The van der Waals surface area contributed by atoms with Crippen LogP contribution >= 0.6 is 0 Å². The molecule has 1 saturated carbocycles. The number of esters is 1. The summed E-state index contributed by atoms with van der Waals surface area (Å²) in [4.78, 5) is 25.7. The van der Waals surface area contributed by atoms with Crippen LogP contribution in [0.3, 0.4) is 0 Å². The van der Waals surface area contributed by atoms with Gasteiger partial charge in [0.1, 0.15) is 5.60 Å². The molecule has 2 fully saturated rings. The lowest BCUT2D eigenvalue weighted by atomic mass is 9.93. The first-order valence-electron chi connectivity index (χ1n) is 6.92. The Labute approximate surface area is 114 Å². The minimum absolute atomic E-state index is 0.0385. The summed E-state index contributed by atoms with van der Waals surface area (Å²) in [6, 6.07) is 0. The van der Waals surface area contributed by atoms with Crippen LogP contribution in [0.25, 0.3) is 0 Å². The fourth-order valence-corrected chi connectivity index (χ4v) is 2.67. The highest BCUT2D eigenvalue weighted by atomic mass is 16.6. The normalized spacial score (nSPS) is 24.4. The summed E-state index contributed by atoms with van der Waals surface area (Å²) in [5.74, 6) is -0.356. The maximum Gasteiger partial charge on any atom is 0.410 e. The Morgan fingerprint density at radius 3 is 2.42 bits per heavy atom. The van der Waals surface area contributed by atoms with Crippen molar-refractivity contribution in [1.29, 1.82) is 0 Å². The van der Waals surface area contributed by atoms with Crippen LogP contribution in [0.5, 0.6) is 0 Å². The number of amides is 1. The molecule has 0 radical (unpaired) electrons. The maximum absolute atomic E-state index is 12.1.